The highest BCUT2D eigenvalue weighted by Gasteiger charge is 2.58. The fraction of sp³-hybridized carbons (Fsp3) is 0.639. The number of hydrogen-bond donors (Lipinski definition) is 4. The largest absolute Gasteiger partial charge is 0.446 e. The van der Waals surface area contributed by atoms with E-state index in [1.807, 2.05) is 34.6 Å². The zero-order valence-corrected chi connectivity index (χ0v) is 30.7. The highest BCUT2D eigenvalue weighted by molar-refractivity contribution is 6.38. The maximum atomic E-state index is 14.0. The molecule has 50 heavy (non-hydrogen) atoms. The normalized spacial score (nSPS) is 20.4. The lowest BCUT2D eigenvalue weighted by Gasteiger charge is -2.36. The lowest BCUT2D eigenvalue weighted by molar-refractivity contribution is -0.145. The van der Waals surface area contributed by atoms with E-state index in [4.69, 9.17) is 4.74 Å². The second-order valence-corrected chi connectivity index (χ2v) is 14.9. The summed E-state index contributed by atoms with van der Waals surface area (Å²) in [4.78, 5) is 95.1. The zero-order valence-electron chi connectivity index (χ0n) is 30.7. The minimum atomic E-state index is -1.19. The number of piperidine rings is 1. The van der Waals surface area contributed by atoms with Gasteiger partial charge < -0.3 is 35.8 Å². The average Bonchev–Trinajstić information content (AvgIpc) is 3.71. The Hall–Kier alpha value is -4.49. The van der Waals surface area contributed by atoms with Crippen LogP contribution in [0.25, 0.3) is 0 Å². The summed E-state index contributed by atoms with van der Waals surface area (Å²) in [6, 6.07) is 4.57. The van der Waals surface area contributed by atoms with E-state index in [1.165, 1.54) is 9.80 Å². The number of Topliss-reactive ketones (excluding diaryl/α,β-unsaturated/α-hetero) is 1. The number of benzene rings is 1. The van der Waals surface area contributed by atoms with E-state index in [0.717, 1.165) is 6.42 Å². The van der Waals surface area contributed by atoms with E-state index in [9.17, 15) is 33.6 Å². The molecule has 0 bridgehead atoms. The topological polar surface area (TPSA) is 183 Å². The van der Waals surface area contributed by atoms with Crippen molar-refractivity contribution < 1.29 is 38.3 Å². The molecule has 4 N–H and O–H groups in total. The molecule has 1 unspecified atom stereocenters. The maximum Gasteiger partial charge on any atom is 0.408 e. The molecular weight excluding hydrogens is 644 g/mol. The van der Waals surface area contributed by atoms with E-state index < -0.39 is 71.6 Å². The molecule has 276 valence electrons. The van der Waals surface area contributed by atoms with Crippen LogP contribution in [0, 0.1) is 23.2 Å². The predicted octanol–water partition coefficient (Wildman–Crippen LogP) is 1.93. The minimum Gasteiger partial charge on any atom is -0.446 e. The Morgan fingerprint density at radius 1 is 0.960 bits per heavy atom. The van der Waals surface area contributed by atoms with Gasteiger partial charge in [0.25, 0.3) is 5.91 Å². The lowest BCUT2D eigenvalue weighted by atomic mass is 9.85. The molecule has 2 fully saturated rings. The lowest BCUT2D eigenvalue weighted by Crippen LogP contribution is -2.60. The minimum absolute atomic E-state index is 0.0760. The summed E-state index contributed by atoms with van der Waals surface area (Å²) in [6.07, 6.45) is 0.256. The van der Waals surface area contributed by atoms with Crippen LogP contribution in [0.2, 0.25) is 0 Å². The Morgan fingerprint density at radius 2 is 1.60 bits per heavy atom. The van der Waals surface area contributed by atoms with Gasteiger partial charge in [0.2, 0.25) is 29.4 Å². The average molecular weight is 699 g/mol. The molecule has 1 aliphatic carbocycles. The summed E-state index contributed by atoms with van der Waals surface area (Å²) in [5.74, 6) is -3.96. The zero-order chi connectivity index (χ0) is 37.5. The number of hydrogen-bond acceptors (Lipinski definition) is 8. The SMILES string of the molecule is CCC[C@H](NC(=O)[C@@H]1C2C[C@H]2CN1C(=O)[C@@H](NC(=O)O[C@H](C)C(C)C)C(C)(C)C)C(=O)C(=O)NCC(=O)N[C@H](C(=O)N(C)C)c1ccccc1. The summed E-state index contributed by atoms with van der Waals surface area (Å²) >= 11 is 0. The van der Waals surface area contributed by atoms with Crippen molar-refractivity contribution in [3.8, 4) is 0 Å². The molecule has 0 radical (unpaired) electrons. The van der Waals surface area contributed by atoms with Crippen LogP contribution in [0.4, 0.5) is 4.79 Å². The number of carbonyl (C=O) groups is 7. The number of nitrogens with one attached hydrogen (secondary N) is 4. The van der Waals surface area contributed by atoms with E-state index in [2.05, 4.69) is 21.3 Å². The first-order chi connectivity index (χ1) is 23.4. The Kier molecular flexibility index (Phi) is 13.5. The van der Waals surface area contributed by atoms with Crippen molar-refractivity contribution in [1.82, 2.24) is 31.1 Å². The number of ketones is 1. The number of rotatable bonds is 15. The van der Waals surface area contributed by atoms with E-state index >= 15 is 0 Å². The molecule has 7 atom stereocenters. The third-order valence-corrected chi connectivity index (χ3v) is 9.28. The highest BCUT2D eigenvalue weighted by atomic mass is 16.6. The second kappa shape index (κ2) is 16.9. The summed E-state index contributed by atoms with van der Waals surface area (Å²) in [6.45, 7) is 12.6. The Balaban J connectivity index is 1.67. The van der Waals surface area contributed by atoms with Gasteiger partial charge in [-0.3, -0.25) is 28.8 Å². The number of ether oxygens (including phenoxy) is 1. The van der Waals surface area contributed by atoms with Gasteiger partial charge in [-0.15, -0.1) is 0 Å². The smallest absolute Gasteiger partial charge is 0.408 e. The molecule has 1 aromatic rings. The fourth-order valence-electron chi connectivity index (χ4n) is 5.92. The number of likely N-dealkylation sites (N-methyl/N-ethyl adjacent to an activating group) is 1. The quantitative estimate of drug-likeness (QED) is 0.200. The van der Waals surface area contributed by atoms with E-state index in [-0.39, 0.29) is 36.2 Å². The first kappa shape index (κ1) is 39.9. The van der Waals surface area contributed by atoms with Gasteiger partial charge in [-0.1, -0.05) is 78.3 Å². The van der Waals surface area contributed by atoms with Gasteiger partial charge in [-0.05, 0) is 48.5 Å². The molecule has 3 rings (SSSR count). The van der Waals surface area contributed by atoms with E-state index in [0.29, 0.717) is 18.5 Å². The summed E-state index contributed by atoms with van der Waals surface area (Å²) in [5.41, 5.74) is -0.160. The fourth-order valence-corrected chi connectivity index (χ4v) is 5.92. The van der Waals surface area contributed by atoms with Gasteiger partial charge in [-0.25, -0.2) is 4.79 Å². The molecule has 1 aliphatic heterocycles. The summed E-state index contributed by atoms with van der Waals surface area (Å²) < 4.78 is 5.46. The number of carbonyl (C=O) groups excluding carboxylic acids is 7. The third-order valence-electron chi connectivity index (χ3n) is 9.28. The Morgan fingerprint density at radius 3 is 2.16 bits per heavy atom. The van der Waals surface area contributed by atoms with Crippen molar-refractivity contribution in [2.75, 3.05) is 27.2 Å². The molecule has 6 amide bonds. The van der Waals surface area contributed by atoms with Crippen molar-refractivity contribution in [1.29, 1.82) is 0 Å². The molecule has 0 aromatic heterocycles. The first-order valence-corrected chi connectivity index (χ1v) is 17.3. The number of nitrogens with zero attached hydrogens (tertiary/aromatic N) is 2. The van der Waals surface area contributed by atoms with Crippen molar-refractivity contribution in [2.24, 2.45) is 23.2 Å². The van der Waals surface area contributed by atoms with Gasteiger partial charge in [0.15, 0.2) is 0 Å². The number of likely N-dealkylation sites (tertiary alicyclic amines) is 1. The molecule has 1 saturated heterocycles. The van der Waals surface area contributed by atoms with Gasteiger partial charge in [0.1, 0.15) is 24.2 Å². The first-order valence-electron chi connectivity index (χ1n) is 17.3. The molecule has 1 heterocycles. The number of amides is 6. The molecule has 14 heteroatoms. The molecule has 14 nitrogen and oxygen atoms in total. The van der Waals surface area contributed by atoms with Gasteiger partial charge in [-0.2, -0.15) is 0 Å². The van der Waals surface area contributed by atoms with Crippen LogP contribution in [0.1, 0.15) is 79.3 Å². The number of alkyl carbamates (subject to hydrolysis) is 1. The van der Waals surface area contributed by atoms with Crippen LogP contribution in [-0.2, 0) is 33.5 Å². The van der Waals surface area contributed by atoms with Gasteiger partial charge in [0, 0.05) is 20.6 Å². The van der Waals surface area contributed by atoms with Crippen LogP contribution in [0.5, 0.6) is 0 Å². The standard InChI is InChI=1S/C36H54N6O8/c1-10-14-25(29(44)32(46)37-18-26(43)39-27(33(47)41(8)9)22-15-12-11-13-16-22)38-31(45)28-24-17-23(24)19-42(28)34(48)30(36(5,6)7)40-35(49)50-21(4)20(2)3/h11-13,15-16,20-21,23-25,27-28,30H,10,14,17-19H2,1-9H3,(H,37,46)(H,38,45)(H,39,43)(H,40,49)/t21-,23+,24?,25+,27+,28+,30-/m1/s1. The van der Waals surface area contributed by atoms with Crippen molar-refractivity contribution in [3.05, 3.63) is 35.9 Å². The van der Waals surface area contributed by atoms with Crippen LogP contribution in [0.15, 0.2) is 30.3 Å². The summed E-state index contributed by atoms with van der Waals surface area (Å²) in [7, 11) is 3.12. The number of fused-ring (bicyclic) bond motifs is 1. The van der Waals surface area contributed by atoms with E-state index in [1.54, 1.807) is 58.3 Å². The third kappa shape index (κ3) is 10.3. The molecule has 0 spiro atoms. The summed E-state index contributed by atoms with van der Waals surface area (Å²) in [5, 5.41) is 10.3. The maximum absolute atomic E-state index is 14.0. The van der Waals surface area contributed by atoms with Gasteiger partial charge >= 0.3 is 6.09 Å². The molecule has 2 aliphatic rings. The monoisotopic (exact) mass is 698 g/mol. The Bertz CT molecular complexity index is 1430. The van der Waals surface area contributed by atoms with Crippen molar-refractivity contribution in [3.63, 3.8) is 0 Å². The molecule has 1 aromatic carbocycles. The molecule has 1 saturated carbocycles. The van der Waals surface area contributed by atoms with Crippen LogP contribution < -0.4 is 21.3 Å². The van der Waals surface area contributed by atoms with Crippen LogP contribution in [0.3, 0.4) is 0 Å². The van der Waals surface area contributed by atoms with Crippen molar-refractivity contribution in [2.45, 2.75) is 98.0 Å². The second-order valence-electron chi connectivity index (χ2n) is 14.9. The highest BCUT2D eigenvalue weighted by Crippen LogP contribution is 2.50. The van der Waals surface area contributed by atoms with Crippen LogP contribution in [-0.4, -0.2) is 103 Å². The van der Waals surface area contributed by atoms with Crippen molar-refractivity contribution >= 4 is 41.4 Å². The Labute approximate surface area is 294 Å². The van der Waals surface area contributed by atoms with Crippen LogP contribution >= 0.6 is 0 Å². The van der Waals surface area contributed by atoms with Gasteiger partial charge in [0.05, 0.1) is 12.6 Å². The predicted molar refractivity (Wildman–Crippen MR) is 185 cm³/mol. The molecular formula is C36H54N6O8.